The highest BCUT2D eigenvalue weighted by molar-refractivity contribution is 7.13. The molecule has 0 aliphatic rings. The molecule has 0 bridgehead atoms. The highest BCUT2D eigenvalue weighted by atomic mass is 32.1. The summed E-state index contributed by atoms with van der Waals surface area (Å²) in [5, 5.41) is 9.58. The number of alkyl halides is 3. The Hall–Kier alpha value is -2.88. The van der Waals surface area contributed by atoms with E-state index in [9.17, 15) is 18.0 Å². The van der Waals surface area contributed by atoms with E-state index in [4.69, 9.17) is 9.15 Å². The van der Waals surface area contributed by atoms with Gasteiger partial charge in [0.25, 0.3) is 11.8 Å². The van der Waals surface area contributed by atoms with Crippen LogP contribution in [0.3, 0.4) is 0 Å². The number of benzene rings is 1. The van der Waals surface area contributed by atoms with Gasteiger partial charge in [-0.05, 0) is 42.6 Å². The number of thiophene rings is 1. The molecular weight excluding hydrogens is 373 g/mol. The van der Waals surface area contributed by atoms with Crippen molar-refractivity contribution in [3.05, 3.63) is 53.2 Å². The molecule has 0 amide bonds. The molecule has 136 valence electrons. The molecule has 0 saturated heterocycles. The van der Waals surface area contributed by atoms with Gasteiger partial charge in [-0.3, -0.25) is 0 Å². The minimum Gasteiger partial charge on any atom is -0.449 e. The van der Waals surface area contributed by atoms with Crippen LogP contribution in [0.1, 0.15) is 29.3 Å². The highest BCUT2D eigenvalue weighted by Gasteiger charge is 2.31. The van der Waals surface area contributed by atoms with Gasteiger partial charge in [-0.25, -0.2) is 4.79 Å². The van der Waals surface area contributed by atoms with Crippen molar-refractivity contribution in [3.8, 4) is 16.5 Å². The van der Waals surface area contributed by atoms with Crippen LogP contribution in [0.5, 0.6) is 5.75 Å². The second kappa shape index (κ2) is 7.16. The summed E-state index contributed by atoms with van der Waals surface area (Å²) in [6, 6.07) is 8.03. The predicted octanol–water partition coefficient (Wildman–Crippen LogP) is 4.61. The van der Waals surface area contributed by atoms with Crippen LogP contribution in [0.25, 0.3) is 10.8 Å². The van der Waals surface area contributed by atoms with Gasteiger partial charge in [0.2, 0.25) is 0 Å². The lowest BCUT2D eigenvalue weighted by Crippen LogP contribution is -2.17. The van der Waals surface area contributed by atoms with Crippen molar-refractivity contribution in [2.45, 2.75) is 19.4 Å². The highest BCUT2D eigenvalue weighted by Crippen LogP contribution is 2.27. The number of halogens is 3. The molecule has 26 heavy (non-hydrogen) atoms. The lowest BCUT2D eigenvalue weighted by molar-refractivity contribution is -0.274. The third-order valence-electron chi connectivity index (χ3n) is 3.13. The summed E-state index contributed by atoms with van der Waals surface area (Å²) in [5.74, 6) is -0.753. The quantitative estimate of drug-likeness (QED) is 0.598. The summed E-state index contributed by atoms with van der Waals surface area (Å²) in [6.07, 6.45) is -5.62. The number of carbonyl (C=O) groups excluding carboxylic acids is 1. The van der Waals surface area contributed by atoms with Crippen molar-refractivity contribution in [2.24, 2.45) is 0 Å². The van der Waals surface area contributed by atoms with Crippen molar-refractivity contribution in [1.82, 2.24) is 10.2 Å². The normalized spacial score (nSPS) is 12.6. The first kappa shape index (κ1) is 17.9. The Bertz CT molecular complexity index is 876. The molecule has 10 heteroatoms. The Morgan fingerprint density at radius 2 is 1.92 bits per heavy atom. The van der Waals surface area contributed by atoms with E-state index in [1.807, 2.05) is 17.5 Å². The lowest BCUT2D eigenvalue weighted by Gasteiger charge is -2.11. The maximum Gasteiger partial charge on any atom is 0.573 e. The summed E-state index contributed by atoms with van der Waals surface area (Å²) in [4.78, 5) is 12.9. The molecule has 0 radical (unpaired) electrons. The third-order valence-corrected chi connectivity index (χ3v) is 3.99. The second-order valence-corrected chi connectivity index (χ2v) is 5.99. The van der Waals surface area contributed by atoms with Crippen LogP contribution < -0.4 is 4.74 Å². The Kier molecular flexibility index (Phi) is 4.94. The Morgan fingerprint density at radius 3 is 2.54 bits per heavy atom. The van der Waals surface area contributed by atoms with Gasteiger partial charge in [-0.15, -0.1) is 34.7 Å². The van der Waals surface area contributed by atoms with E-state index >= 15 is 0 Å². The van der Waals surface area contributed by atoms with E-state index in [-0.39, 0.29) is 11.5 Å². The number of nitrogens with zero attached hydrogens (tertiary/aromatic N) is 2. The van der Waals surface area contributed by atoms with Gasteiger partial charge in [0.15, 0.2) is 6.10 Å². The number of rotatable bonds is 5. The van der Waals surface area contributed by atoms with E-state index in [0.29, 0.717) is 5.89 Å². The zero-order valence-corrected chi connectivity index (χ0v) is 14.0. The van der Waals surface area contributed by atoms with Gasteiger partial charge < -0.3 is 13.9 Å². The van der Waals surface area contributed by atoms with E-state index in [2.05, 4.69) is 14.9 Å². The molecule has 1 atom stereocenters. The monoisotopic (exact) mass is 384 g/mol. The van der Waals surface area contributed by atoms with Crippen LogP contribution in [0.4, 0.5) is 13.2 Å². The van der Waals surface area contributed by atoms with Gasteiger partial charge in [-0.2, -0.15) is 0 Å². The van der Waals surface area contributed by atoms with Crippen LogP contribution in [-0.4, -0.2) is 22.5 Å². The van der Waals surface area contributed by atoms with Gasteiger partial charge in [-0.1, -0.05) is 6.07 Å². The topological polar surface area (TPSA) is 74.5 Å². The molecule has 0 fully saturated rings. The first-order chi connectivity index (χ1) is 12.3. The Balaban J connectivity index is 1.64. The molecule has 6 nitrogen and oxygen atoms in total. The molecule has 1 unspecified atom stereocenters. The number of aromatic nitrogens is 2. The van der Waals surface area contributed by atoms with Crippen molar-refractivity contribution in [1.29, 1.82) is 0 Å². The first-order valence-corrected chi connectivity index (χ1v) is 8.14. The van der Waals surface area contributed by atoms with Crippen molar-refractivity contribution >= 4 is 17.3 Å². The van der Waals surface area contributed by atoms with Crippen LogP contribution >= 0.6 is 11.3 Å². The van der Waals surface area contributed by atoms with Crippen LogP contribution in [0.15, 0.2) is 46.2 Å². The molecule has 0 N–H and O–H groups in total. The zero-order chi connectivity index (χ0) is 18.7. The molecule has 3 aromatic rings. The summed E-state index contributed by atoms with van der Waals surface area (Å²) in [6.45, 7) is 1.55. The van der Waals surface area contributed by atoms with Crippen molar-refractivity contribution in [2.75, 3.05) is 0 Å². The maximum absolute atomic E-state index is 12.1. The average molecular weight is 384 g/mol. The molecule has 2 aromatic heterocycles. The maximum atomic E-state index is 12.1. The fraction of sp³-hybridized carbons (Fsp3) is 0.188. The summed E-state index contributed by atoms with van der Waals surface area (Å²) in [7, 11) is 0. The molecule has 0 aliphatic carbocycles. The fourth-order valence-corrected chi connectivity index (χ4v) is 2.61. The number of esters is 1. The SMILES string of the molecule is CC(OC(=O)c1ccc(OC(F)(F)F)cc1)c1nnc(-c2cccs2)o1. The van der Waals surface area contributed by atoms with Crippen LogP contribution in [0.2, 0.25) is 0 Å². The van der Waals surface area contributed by atoms with E-state index in [0.717, 1.165) is 17.0 Å². The van der Waals surface area contributed by atoms with Gasteiger partial charge in [0.05, 0.1) is 10.4 Å². The van der Waals surface area contributed by atoms with Gasteiger partial charge in [0.1, 0.15) is 5.75 Å². The summed E-state index contributed by atoms with van der Waals surface area (Å²) in [5.41, 5.74) is 0.0596. The lowest BCUT2D eigenvalue weighted by atomic mass is 10.2. The predicted molar refractivity (Wildman–Crippen MR) is 84.6 cm³/mol. The molecule has 2 heterocycles. The Morgan fingerprint density at radius 1 is 1.19 bits per heavy atom. The number of hydrogen-bond acceptors (Lipinski definition) is 7. The summed E-state index contributed by atoms with van der Waals surface area (Å²) >= 11 is 1.42. The van der Waals surface area contributed by atoms with Gasteiger partial charge in [0, 0.05) is 0 Å². The number of carbonyl (C=O) groups is 1. The molecule has 0 saturated carbocycles. The molecule has 0 aliphatic heterocycles. The molecule has 3 rings (SSSR count). The smallest absolute Gasteiger partial charge is 0.449 e. The summed E-state index contributed by atoms with van der Waals surface area (Å²) < 4.78 is 50.8. The molecular formula is C16H11F3N2O4S. The third kappa shape index (κ3) is 4.39. The minimum atomic E-state index is -4.80. The van der Waals surface area contributed by atoms with E-state index in [1.165, 1.54) is 23.5 Å². The molecule has 1 aromatic carbocycles. The standard InChI is InChI=1S/C16H11F3N2O4S/c1-9(13-20-21-14(24-13)12-3-2-8-26-12)23-15(22)10-4-6-11(7-5-10)25-16(17,18)19/h2-9H,1H3. The van der Waals surface area contributed by atoms with E-state index in [1.54, 1.807) is 6.92 Å². The second-order valence-electron chi connectivity index (χ2n) is 5.04. The average Bonchev–Trinajstić information content (AvgIpc) is 3.25. The van der Waals surface area contributed by atoms with Crippen molar-refractivity contribution < 1.29 is 31.9 Å². The zero-order valence-electron chi connectivity index (χ0n) is 13.2. The van der Waals surface area contributed by atoms with Gasteiger partial charge >= 0.3 is 12.3 Å². The number of ether oxygens (including phenoxy) is 2. The van der Waals surface area contributed by atoms with Crippen LogP contribution in [-0.2, 0) is 4.74 Å². The van der Waals surface area contributed by atoms with Crippen molar-refractivity contribution in [3.63, 3.8) is 0 Å². The van der Waals surface area contributed by atoms with Crippen LogP contribution in [0, 0.1) is 0 Å². The fourth-order valence-electron chi connectivity index (χ4n) is 1.97. The minimum absolute atomic E-state index is 0.0596. The van der Waals surface area contributed by atoms with E-state index < -0.39 is 24.2 Å². The first-order valence-electron chi connectivity index (χ1n) is 7.26. The number of hydrogen-bond donors (Lipinski definition) is 0. The Labute approximate surface area is 149 Å². The molecule has 0 spiro atoms. The largest absolute Gasteiger partial charge is 0.573 e.